The Morgan fingerprint density at radius 2 is 2.00 bits per heavy atom. The van der Waals surface area contributed by atoms with Gasteiger partial charge >= 0.3 is 0 Å². The fourth-order valence-electron chi connectivity index (χ4n) is 2.76. The van der Waals surface area contributed by atoms with Gasteiger partial charge in [-0.05, 0) is 43.2 Å². The van der Waals surface area contributed by atoms with Crippen molar-refractivity contribution in [2.45, 2.75) is 23.5 Å². The molecule has 1 aliphatic rings. The van der Waals surface area contributed by atoms with Crippen LogP contribution in [0.3, 0.4) is 0 Å². The third-order valence-electron chi connectivity index (χ3n) is 4.07. The lowest BCUT2D eigenvalue weighted by Gasteiger charge is -2.13. The summed E-state index contributed by atoms with van der Waals surface area (Å²) in [4.78, 5) is 12.9. The molecule has 0 aliphatic carbocycles. The number of rotatable bonds is 6. The van der Waals surface area contributed by atoms with Gasteiger partial charge in [-0.3, -0.25) is 4.79 Å². The first kappa shape index (κ1) is 19.2. The van der Waals surface area contributed by atoms with Gasteiger partial charge in [0.2, 0.25) is 5.91 Å². The molecule has 0 spiro atoms. The van der Waals surface area contributed by atoms with Crippen molar-refractivity contribution >= 4 is 44.6 Å². The normalized spacial score (nSPS) is 15.2. The molecular weight excluding hydrogens is 396 g/mol. The number of ether oxygens (including phenoxy) is 1. The van der Waals surface area contributed by atoms with Crippen molar-refractivity contribution in [2.75, 3.05) is 25.5 Å². The molecule has 1 aromatic heterocycles. The molecule has 0 radical (unpaired) electrons. The summed E-state index contributed by atoms with van der Waals surface area (Å²) < 4.78 is 31.9. The van der Waals surface area contributed by atoms with Gasteiger partial charge in [0, 0.05) is 23.7 Å². The molecule has 1 aromatic carbocycles. The van der Waals surface area contributed by atoms with Crippen LogP contribution in [-0.4, -0.2) is 38.8 Å². The average molecular weight is 415 g/mol. The number of amides is 1. The Morgan fingerprint density at radius 1 is 1.27 bits per heavy atom. The molecule has 0 atom stereocenters. The fraction of sp³-hybridized carbons (Fsp3) is 0.353. The van der Waals surface area contributed by atoms with Crippen molar-refractivity contribution in [1.29, 1.82) is 0 Å². The summed E-state index contributed by atoms with van der Waals surface area (Å²) in [7, 11) is -1.92. The van der Waals surface area contributed by atoms with E-state index in [0.29, 0.717) is 34.4 Å². The van der Waals surface area contributed by atoms with E-state index in [2.05, 4.69) is 5.32 Å². The summed E-state index contributed by atoms with van der Waals surface area (Å²) in [5.41, 5.74) is 0.558. The maximum Gasteiger partial charge on any atom is 0.252 e. The van der Waals surface area contributed by atoms with Crippen molar-refractivity contribution < 1.29 is 17.9 Å². The van der Waals surface area contributed by atoms with Crippen molar-refractivity contribution in [3.63, 3.8) is 0 Å². The van der Waals surface area contributed by atoms with Crippen LogP contribution in [0.5, 0.6) is 5.75 Å². The Bertz CT molecular complexity index is 905. The first-order valence-electron chi connectivity index (χ1n) is 8.12. The Balaban J connectivity index is 1.65. The predicted octanol–water partition coefficient (Wildman–Crippen LogP) is 3.38. The third-order valence-corrected chi connectivity index (χ3v) is 7.81. The fourth-order valence-corrected chi connectivity index (χ4v) is 6.04. The number of anilines is 1. The highest BCUT2D eigenvalue weighted by Gasteiger charge is 2.28. The smallest absolute Gasteiger partial charge is 0.252 e. The number of hydrogen-bond acceptors (Lipinski definition) is 5. The minimum absolute atomic E-state index is 0.101. The summed E-state index contributed by atoms with van der Waals surface area (Å²) in [5.74, 6) is 0.290. The quantitative estimate of drug-likeness (QED) is 0.786. The molecule has 1 fully saturated rings. The Hall–Kier alpha value is -1.61. The van der Waals surface area contributed by atoms with Crippen molar-refractivity contribution in [3.05, 3.63) is 40.2 Å². The van der Waals surface area contributed by atoms with Crippen LogP contribution in [0.1, 0.15) is 17.7 Å². The molecule has 26 heavy (non-hydrogen) atoms. The molecule has 0 unspecified atom stereocenters. The number of nitrogens with one attached hydrogen (secondary N) is 1. The van der Waals surface area contributed by atoms with Gasteiger partial charge in [0.15, 0.2) is 0 Å². The van der Waals surface area contributed by atoms with Gasteiger partial charge in [-0.25, -0.2) is 8.42 Å². The number of carbonyl (C=O) groups excluding carboxylic acids is 1. The third kappa shape index (κ3) is 4.20. The second-order valence-electron chi connectivity index (χ2n) is 5.91. The van der Waals surface area contributed by atoms with Crippen LogP contribution in [0.4, 0.5) is 5.69 Å². The molecule has 2 aromatic rings. The molecule has 1 saturated heterocycles. The molecular formula is C17H19ClN2O4S2. The lowest BCUT2D eigenvalue weighted by molar-refractivity contribution is -0.115. The van der Waals surface area contributed by atoms with Crippen LogP contribution in [0.25, 0.3) is 0 Å². The van der Waals surface area contributed by atoms with Crippen molar-refractivity contribution in [2.24, 2.45) is 0 Å². The van der Waals surface area contributed by atoms with Crippen LogP contribution in [0.2, 0.25) is 5.02 Å². The largest absolute Gasteiger partial charge is 0.495 e. The molecule has 0 saturated carbocycles. The number of sulfonamides is 1. The molecule has 1 amide bonds. The van der Waals surface area contributed by atoms with Gasteiger partial charge in [0.1, 0.15) is 9.96 Å². The zero-order valence-electron chi connectivity index (χ0n) is 14.2. The molecule has 0 bridgehead atoms. The van der Waals surface area contributed by atoms with Crippen LogP contribution in [0, 0.1) is 0 Å². The number of benzene rings is 1. The second-order valence-corrected chi connectivity index (χ2v) is 9.65. The molecule has 140 valence electrons. The summed E-state index contributed by atoms with van der Waals surface area (Å²) in [6.45, 7) is 1.13. The van der Waals surface area contributed by atoms with E-state index >= 15 is 0 Å². The first-order valence-corrected chi connectivity index (χ1v) is 10.8. The zero-order chi connectivity index (χ0) is 18.7. The highest BCUT2D eigenvalue weighted by Crippen LogP contribution is 2.29. The number of hydrogen-bond donors (Lipinski definition) is 1. The van der Waals surface area contributed by atoms with Crippen molar-refractivity contribution in [3.8, 4) is 5.75 Å². The zero-order valence-corrected chi connectivity index (χ0v) is 16.6. The van der Waals surface area contributed by atoms with E-state index in [0.717, 1.165) is 24.2 Å². The molecule has 3 rings (SSSR count). The Labute approximate surface area is 161 Å². The van der Waals surface area contributed by atoms with E-state index in [9.17, 15) is 13.2 Å². The maximum absolute atomic E-state index is 12.5. The second kappa shape index (κ2) is 7.96. The lowest BCUT2D eigenvalue weighted by Crippen LogP contribution is -2.27. The van der Waals surface area contributed by atoms with E-state index in [1.54, 1.807) is 30.3 Å². The van der Waals surface area contributed by atoms with E-state index in [-0.39, 0.29) is 16.5 Å². The number of halogens is 1. The van der Waals surface area contributed by atoms with Gasteiger partial charge in [0.05, 0.1) is 18.6 Å². The SMILES string of the molecule is COc1ccc(NC(=O)Cc2ccc(S(=O)(=O)N3CCCC3)s2)cc1Cl. The van der Waals surface area contributed by atoms with Gasteiger partial charge in [-0.1, -0.05) is 11.6 Å². The maximum atomic E-state index is 12.5. The van der Waals surface area contributed by atoms with Crippen LogP contribution < -0.4 is 10.1 Å². The predicted molar refractivity (Wildman–Crippen MR) is 103 cm³/mol. The lowest BCUT2D eigenvalue weighted by atomic mass is 10.2. The summed E-state index contributed by atoms with van der Waals surface area (Å²) >= 11 is 7.18. The van der Waals surface area contributed by atoms with Gasteiger partial charge in [-0.15, -0.1) is 11.3 Å². The van der Waals surface area contributed by atoms with E-state index in [1.807, 2.05) is 0 Å². The van der Waals surface area contributed by atoms with Gasteiger partial charge in [0.25, 0.3) is 10.0 Å². The first-order chi connectivity index (χ1) is 12.4. The highest BCUT2D eigenvalue weighted by atomic mass is 35.5. The van der Waals surface area contributed by atoms with Crippen LogP contribution in [0.15, 0.2) is 34.5 Å². The standard InChI is InChI=1S/C17H19ClN2O4S2/c1-24-15-6-4-12(10-14(15)18)19-16(21)11-13-5-7-17(25-13)26(22,23)20-8-2-3-9-20/h4-7,10H,2-3,8-9,11H2,1H3,(H,19,21). The number of nitrogens with zero attached hydrogens (tertiary/aromatic N) is 1. The highest BCUT2D eigenvalue weighted by molar-refractivity contribution is 7.91. The molecule has 2 heterocycles. The number of carbonyl (C=O) groups is 1. The average Bonchev–Trinajstić information content (AvgIpc) is 3.27. The van der Waals surface area contributed by atoms with E-state index in [1.165, 1.54) is 11.4 Å². The van der Waals surface area contributed by atoms with E-state index < -0.39 is 10.0 Å². The summed E-state index contributed by atoms with van der Waals surface area (Å²) in [6.07, 6.45) is 1.89. The summed E-state index contributed by atoms with van der Waals surface area (Å²) in [5, 5.41) is 3.16. The van der Waals surface area contributed by atoms with Crippen LogP contribution in [-0.2, 0) is 21.2 Å². The Kier molecular flexibility index (Phi) is 5.86. The number of thiophene rings is 1. The van der Waals surface area contributed by atoms with E-state index in [4.69, 9.17) is 16.3 Å². The van der Waals surface area contributed by atoms with Gasteiger partial charge in [-0.2, -0.15) is 4.31 Å². The summed E-state index contributed by atoms with van der Waals surface area (Å²) in [6, 6.07) is 8.24. The topological polar surface area (TPSA) is 75.7 Å². The molecule has 1 aliphatic heterocycles. The van der Waals surface area contributed by atoms with Crippen LogP contribution >= 0.6 is 22.9 Å². The molecule has 1 N–H and O–H groups in total. The Morgan fingerprint density at radius 3 is 2.65 bits per heavy atom. The molecule has 6 nitrogen and oxygen atoms in total. The minimum Gasteiger partial charge on any atom is -0.495 e. The minimum atomic E-state index is -3.44. The van der Waals surface area contributed by atoms with Crippen molar-refractivity contribution in [1.82, 2.24) is 4.31 Å². The number of methoxy groups -OCH3 is 1. The van der Waals surface area contributed by atoms with Gasteiger partial charge < -0.3 is 10.1 Å². The monoisotopic (exact) mass is 414 g/mol. The molecule has 9 heteroatoms.